The highest BCUT2D eigenvalue weighted by molar-refractivity contribution is 5.98. The van der Waals surface area contributed by atoms with Crippen molar-refractivity contribution in [3.63, 3.8) is 0 Å². The smallest absolute Gasteiger partial charge is 0.397 e. The second-order valence-corrected chi connectivity index (χ2v) is 4.88. The zero-order valence-electron chi connectivity index (χ0n) is 11.2. The molecule has 1 fully saturated rings. The largest absolute Gasteiger partial charge is 0.401 e. The lowest BCUT2D eigenvalue weighted by molar-refractivity contribution is -0.146. The Labute approximate surface area is 119 Å². The zero-order valence-corrected chi connectivity index (χ0v) is 11.2. The topological polar surface area (TPSA) is 88.5 Å². The van der Waals surface area contributed by atoms with Crippen LogP contribution in [0.2, 0.25) is 0 Å². The molecule has 0 spiro atoms. The number of halogens is 3. The highest BCUT2D eigenvalue weighted by atomic mass is 19.4. The summed E-state index contributed by atoms with van der Waals surface area (Å²) in [5, 5.41) is 0. The third kappa shape index (κ3) is 3.97. The third-order valence-electron chi connectivity index (χ3n) is 3.23. The van der Waals surface area contributed by atoms with Gasteiger partial charge in [-0.15, -0.1) is 0 Å². The predicted molar refractivity (Wildman–Crippen MR) is 71.9 cm³/mol. The van der Waals surface area contributed by atoms with Gasteiger partial charge in [0.15, 0.2) is 0 Å². The van der Waals surface area contributed by atoms with E-state index in [9.17, 15) is 18.0 Å². The first-order chi connectivity index (χ1) is 9.76. The molecule has 0 bridgehead atoms. The first-order valence-electron chi connectivity index (χ1n) is 6.35. The maximum atomic E-state index is 12.3. The van der Waals surface area contributed by atoms with Gasteiger partial charge >= 0.3 is 6.18 Å². The summed E-state index contributed by atoms with van der Waals surface area (Å²) in [7, 11) is 0. The third-order valence-corrected chi connectivity index (χ3v) is 3.23. The van der Waals surface area contributed by atoms with Crippen molar-refractivity contribution in [2.24, 2.45) is 5.73 Å². The van der Waals surface area contributed by atoms with Gasteiger partial charge < -0.3 is 16.4 Å². The fraction of sp³-hybridized carbons (Fsp3) is 0.500. The van der Waals surface area contributed by atoms with Crippen LogP contribution in [0.3, 0.4) is 0 Å². The maximum absolute atomic E-state index is 12.3. The number of anilines is 2. The summed E-state index contributed by atoms with van der Waals surface area (Å²) in [4.78, 5) is 18.6. The monoisotopic (exact) mass is 303 g/mol. The lowest BCUT2D eigenvalue weighted by Crippen LogP contribution is -2.49. The number of nitrogen functional groups attached to an aromatic ring is 1. The van der Waals surface area contributed by atoms with Gasteiger partial charge in [-0.1, -0.05) is 0 Å². The van der Waals surface area contributed by atoms with E-state index >= 15 is 0 Å². The number of nitrogens with two attached hydrogens (primary N) is 2. The van der Waals surface area contributed by atoms with E-state index in [-0.39, 0.29) is 18.7 Å². The van der Waals surface area contributed by atoms with Crippen molar-refractivity contribution in [1.82, 2.24) is 9.88 Å². The van der Waals surface area contributed by atoms with E-state index in [0.717, 1.165) is 0 Å². The minimum Gasteiger partial charge on any atom is -0.397 e. The average molecular weight is 303 g/mol. The van der Waals surface area contributed by atoms with Crippen LogP contribution in [0.25, 0.3) is 0 Å². The van der Waals surface area contributed by atoms with Gasteiger partial charge in [0.25, 0.3) is 5.91 Å². The SMILES string of the molecule is NC(=O)c1cc(N)cnc1N1CCN(CC(F)(F)F)CC1. The standard InChI is InChI=1S/C12H16F3N5O/c13-12(14,15)7-19-1-3-20(4-2-19)11-9(10(17)21)5-8(16)6-18-11/h5-6H,1-4,7,16H2,(H2,17,21). The lowest BCUT2D eigenvalue weighted by Gasteiger charge is -2.36. The molecule has 116 valence electrons. The van der Waals surface area contributed by atoms with Gasteiger partial charge in [0, 0.05) is 26.2 Å². The van der Waals surface area contributed by atoms with Gasteiger partial charge in [-0.3, -0.25) is 9.69 Å². The molecule has 0 aromatic carbocycles. The van der Waals surface area contributed by atoms with Crippen LogP contribution in [-0.2, 0) is 0 Å². The highest BCUT2D eigenvalue weighted by Gasteiger charge is 2.32. The average Bonchev–Trinajstić information content (AvgIpc) is 2.38. The van der Waals surface area contributed by atoms with Gasteiger partial charge in [0.2, 0.25) is 0 Å². The number of hydrogen-bond donors (Lipinski definition) is 2. The van der Waals surface area contributed by atoms with E-state index in [4.69, 9.17) is 11.5 Å². The molecule has 1 saturated heterocycles. The quantitative estimate of drug-likeness (QED) is 0.846. The molecule has 21 heavy (non-hydrogen) atoms. The number of rotatable bonds is 3. The molecule has 0 radical (unpaired) electrons. The van der Waals surface area contributed by atoms with Gasteiger partial charge in [-0.2, -0.15) is 13.2 Å². The molecule has 1 aliphatic rings. The minimum absolute atomic E-state index is 0.180. The maximum Gasteiger partial charge on any atom is 0.401 e. The first-order valence-corrected chi connectivity index (χ1v) is 6.35. The Bertz CT molecular complexity index is 526. The Balaban J connectivity index is 2.07. The molecule has 0 atom stereocenters. The Hall–Kier alpha value is -2.03. The number of carbonyl (C=O) groups is 1. The fourth-order valence-electron chi connectivity index (χ4n) is 2.28. The molecule has 0 unspecified atom stereocenters. The van der Waals surface area contributed by atoms with E-state index in [1.807, 2.05) is 0 Å². The normalized spacial score (nSPS) is 17.0. The Morgan fingerprint density at radius 1 is 1.29 bits per heavy atom. The number of carbonyl (C=O) groups excluding carboxylic acids is 1. The summed E-state index contributed by atoms with van der Waals surface area (Å²) in [6, 6.07) is 1.42. The van der Waals surface area contributed by atoms with Crippen molar-refractivity contribution >= 4 is 17.4 Å². The summed E-state index contributed by atoms with van der Waals surface area (Å²) < 4.78 is 37.0. The number of primary amides is 1. The number of alkyl halides is 3. The number of hydrogen-bond acceptors (Lipinski definition) is 5. The molecular weight excluding hydrogens is 287 g/mol. The van der Waals surface area contributed by atoms with Crippen molar-refractivity contribution < 1.29 is 18.0 Å². The number of pyridine rings is 1. The molecule has 0 saturated carbocycles. The van der Waals surface area contributed by atoms with Gasteiger partial charge in [-0.05, 0) is 6.07 Å². The van der Waals surface area contributed by atoms with Crippen molar-refractivity contribution in [1.29, 1.82) is 0 Å². The summed E-state index contributed by atoms with van der Waals surface area (Å²) in [6.07, 6.45) is -2.82. The molecule has 2 rings (SSSR count). The number of nitrogens with zero attached hydrogens (tertiary/aromatic N) is 3. The molecule has 4 N–H and O–H groups in total. The van der Waals surface area contributed by atoms with E-state index in [1.165, 1.54) is 17.2 Å². The Kier molecular flexibility index (Phi) is 4.21. The molecule has 2 heterocycles. The zero-order chi connectivity index (χ0) is 15.6. The van der Waals surface area contributed by atoms with E-state index in [0.29, 0.717) is 24.6 Å². The molecule has 1 aromatic heterocycles. The van der Waals surface area contributed by atoms with E-state index in [1.54, 1.807) is 4.90 Å². The molecule has 1 aromatic rings. The summed E-state index contributed by atoms with van der Waals surface area (Å²) in [5.74, 6) is -0.300. The van der Waals surface area contributed by atoms with Crippen molar-refractivity contribution in [3.8, 4) is 0 Å². The van der Waals surface area contributed by atoms with E-state index < -0.39 is 18.6 Å². The van der Waals surface area contributed by atoms with Crippen LogP contribution in [0.5, 0.6) is 0 Å². The van der Waals surface area contributed by atoms with Crippen LogP contribution in [-0.4, -0.2) is 54.7 Å². The second kappa shape index (κ2) is 5.76. The van der Waals surface area contributed by atoms with Crippen LogP contribution in [0, 0.1) is 0 Å². The highest BCUT2D eigenvalue weighted by Crippen LogP contribution is 2.22. The fourth-order valence-corrected chi connectivity index (χ4v) is 2.28. The first kappa shape index (κ1) is 15.4. The van der Waals surface area contributed by atoms with Crippen LogP contribution in [0.15, 0.2) is 12.3 Å². The number of piperazine rings is 1. The Morgan fingerprint density at radius 3 is 2.43 bits per heavy atom. The van der Waals surface area contributed by atoms with Crippen LogP contribution >= 0.6 is 0 Å². The van der Waals surface area contributed by atoms with Crippen LogP contribution in [0.1, 0.15) is 10.4 Å². The number of aromatic nitrogens is 1. The Morgan fingerprint density at radius 2 is 1.90 bits per heavy atom. The van der Waals surface area contributed by atoms with Crippen molar-refractivity contribution in [2.45, 2.75) is 6.18 Å². The summed E-state index contributed by atoms with van der Waals surface area (Å²) in [5.41, 5.74) is 11.3. The summed E-state index contributed by atoms with van der Waals surface area (Å²) in [6.45, 7) is 0.229. The van der Waals surface area contributed by atoms with Gasteiger partial charge in [-0.25, -0.2) is 4.98 Å². The van der Waals surface area contributed by atoms with Crippen LogP contribution in [0.4, 0.5) is 24.7 Å². The lowest BCUT2D eigenvalue weighted by atomic mass is 10.2. The minimum atomic E-state index is -4.21. The number of amides is 1. The molecule has 6 nitrogen and oxygen atoms in total. The summed E-state index contributed by atoms with van der Waals surface area (Å²) >= 11 is 0. The predicted octanol–water partition coefficient (Wildman–Crippen LogP) is 0.447. The van der Waals surface area contributed by atoms with Crippen molar-refractivity contribution in [2.75, 3.05) is 43.4 Å². The van der Waals surface area contributed by atoms with Gasteiger partial charge in [0.1, 0.15) is 5.82 Å². The second-order valence-electron chi connectivity index (χ2n) is 4.88. The van der Waals surface area contributed by atoms with Gasteiger partial charge in [0.05, 0.1) is 24.0 Å². The molecule has 1 aliphatic heterocycles. The molecule has 1 amide bonds. The van der Waals surface area contributed by atoms with Crippen molar-refractivity contribution in [3.05, 3.63) is 17.8 Å². The molecule has 0 aliphatic carbocycles. The van der Waals surface area contributed by atoms with Crippen LogP contribution < -0.4 is 16.4 Å². The van der Waals surface area contributed by atoms with E-state index in [2.05, 4.69) is 4.98 Å². The molecular formula is C12H16F3N5O. The molecule has 9 heteroatoms.